The van der Waals surface area contributed by atoms with E-state index in [-0.39, 0.29) is 11.5 Å². The third kappa shape index (κ3) is 5.92. The molecular weight excluding hydrogens is 468 g/mol. The van der Waals surface area contributed by atoms with Gasteiger partial charge in [0.25, 0.3) is 11.8 Å². The van der Waals surface area contributed by atoms with Crippen molar-refractivity contribution in [3.63, 3.8) is 0 Å². The van der Waals surface area contributed by atoms with Gasteiger partial charge in [0.05, 0.1) is 34.0 Å². The minimum atomic E-state index is -0.723. The zero-order chi connectivity index (χ0) is 26.5. The summed E-state index contributed by atoms with van der Waals surface area (Å²) in [6, 6.07) is 21.5. The van der Waals surface area contributed by atoms with Gasteiger partial charge in [-0.05, 0) is 64.1 Å². The highest BCUT2D eigenvalue weighted by molar-refractivity contribution is 6.08. The molecule has 2 amide bonds. The van der Waals surface area contributed by atoms with E-state index in [1.165, 1.54) is 6.07 Å². The minimum absolute atomic E-state index is 0.149. The van der Waals surface area contributed by atoms with Crippen LogP contribution in [0.5, 0.6) is 0 Å². The zero-order valence-corrected chi connectivity index (χ0v) is 21.2. The summed E-state index contributed by atoms with van der Waals surface area (Å²) in [5.74, 6) is -1.57. The molecule has 0 saturated heterocycles. The number of para-hydroxylation sites is 1. The lowest BCUT2D eigenvalue weighted by Crippen LogP contribution is -2.22. The number of ether oxygens (including phenoxy) is 1. The first-order valence-corrected chi connectivity index (χ1v) is 11.8. The van der Waals surface area contributed by atoms with E-state index < -0.39 is 18.5 Å². The maximum Gasteiger partial charge on any atom is 0.340 e. The van der Waals surface area contributed by atoms with Crippen LogP contribution in [0.2, 0.25) is 0 Å². The summed E-state index contributed by atoms with van der Waals surface area (Å²) < 4.78 is 7.02. The van der Waals surface area contributed by atoms with Crippen LogP contribution < -0.4 is 10.6 Å². The normalized spacial score (nSPS) is 10.6. The molecule has 0 aliphatic heterocycles. The van der Waals surface area contributed by atoms with Crippen molar-refractivity contribution in [2.24, 2.45) is 0 Å². The van der Waals surface area contributed by atoms with Gasteiger partial charge in [0.1, 0.15) is 0 Å². The summed E-state index contributed by atoms with van der Waals surface area (Å²) in [6.07, 6.45) is 0. The van der Waals surface area contributed by atoms with Gasteiger partial charge in [-0.2, -0.15) is 5.10 Å². The number of hydrogen-bond donors (Lipinski definition) is 2. The molecule has 3 aromatic carbocycles. The zero-order valence-electron chi connectivity index (χ0n) is 21.2. The fraction of sp³-hybridized carbons (Fsp3) is 0.172. The molecule has 8 heteroatoms. The lowest BCUT2D eigenvalue weighted by Gasteiger charge is -2.12. The van der Waals surface area contributed by atoms with E-state index >= 15 is 0 Å². The predicted molar refractivity (Wildman–Crippen MR) is 142 cm³/mol. The van der Waals surface area contributed by atoms with Crippen LogP contribution in [-0.2, 0) is 9.53 Å². The maximum absolute atomic E-state index is 12.8. The van der Waals surface area contributed by atoms with Crippen molar-refractivity contribution in [1.82, 2.24) is 9.78 Å². The van der Waals surface area contributed by atoms with Crippen molar-refractivity contribution >= 4 is 29.2 Å². The lowest BCUT2D eigenvalue weighted by atomic mass is 10.1. The number of carbonyl (C=O) groups is 3. The smallest absolute Gasteiger partial charge is 0.340 e. The molecule has 0 aliphatic carbocycles. The minimum Gasteiger partial charge on any atom is -0.452 e. The van der Waals surface area contributed by atoms with Gasteiger partial charge in [-0.1, -0.05) is 47.5 Å². The lowest BCUT2D eigenvalue weighted by molar-refractivity contribution is -0.119. The Morgan fingerprint density at radius 3 is 2.30 bits per heavy atom. The summed E-state index contributed by atoms with van der Waals surface area (Å²) >= 11 is 0. The molecule has 4 rings (SSSR count). The highest BCUT2D eigenvalue weighted by Gasteiger charge is 2.19. The summed E-state index contributed by atoms with van der Waals surface area (Å²) in [5, 5.41) is 10.1. The number of rotatable bonds is 7. The van der Waals surface area contributed by atoms with Crippen molar-refractivity contribution < 1.29 is 19.1 Å². The largest absolute Gasteiger partial charge is 0.452 e. The number of nitrogens with zero attached hydrogens (tertiary/aromatic N) is 2. The topological polar surface area (TPSA) is 102 Å². The Balaban J connectivity index is 1.41. The number of benzene rings is 3. The first-order chi connectivity index (χ1) is 17.7. The van der Waals surface area contributed by atoms with Gasteiger partial charge in [0, 0.05) is 5.56 Å². The van der Waals surface area contributed by atoms with E-state index in [0.717, 1.165) is 22.5 Å². The Hall–Kier alpha value is -4.72. The fourth-order valence-electron chi connectivity index (χ4n) is 3.90. The first-order valence-electron chi connectivity index (χ1n) is 11.8. The number of carbonyl (C=O) groups excluding carboxylic acids is 3. The number of anilines is 2. The molecule has 0 saturated carbocycles. The van der Waals surface area contributed by atoms with Crippen LogP contribution >= 0.6 is 0 Å². The van der Waals surface area contributed by atoms with Crippen LogP contribution in [-0.4, -0.2) is 34.2 Å². The van der Waals surface area contributed by atoms with Crippen LogP contribution in [0.15, 0.2) is 72.8 Å². The second-order valence-electron chi connectivity index (χ2n) is 8.79. The molecule has 0 aliphatic rings. The molecule has 8 nitrogen and oxygen atoms in total. The van der Waals surface area contributed by atoms with Gasteiger partial charge in [-0.25, -0.2) is 9.48 Å². The molecule has 188 valence electrons. The molecular formula is C29H28N4O4. The standard InChI is InChI=1S/C29H28N4O4/c1-18-12-14-23(15-13-18)33-21(4)27(20(3)32-33)31-26(34)17-37-29(36)24-10-5-6-11-25(24)30-28(35)22-9-7-8-19(2)16-22/h5-16H,17H2,1-4H3,(H,30,35)(H,31,34). The van der Waals surface area contributed by atoms with Gasteiger partial charge in [-0.15, -0.1) is 0 Å². The number of aromatic nitrogens is 2. The Morgan fingerprint density at radius 1 is 0.838 bits per heavy atom. The van der Waals surface area contributed by atoms with Crippen molar-refractivity contribution in [1.29, 1.82) is 0 Å². The maximum atomic E-state index is 12.8. The van der Waals surface area contributed by atoms with E-state index in [4.69, 9.17) is 4.74 Å². The van der Waals surface area contributed by atoms with E-state index in [0.29, 0.717) is 22.6 Å². The Kier molecular flexibility index (Phi) is 7.48. The quantitative estimate of drug-likeness (QED) is 0.344. The van der Waals surface area contributed by atoms with Gasteiger partial charge in [-0.3, -0.25) is 9.59 Å². The average Bonchev–Trinajstić information content (AvgIpc) is 3.16. The molecule has 0 bridgehead atoms. The second-order valence-corrected chi connectivity index (χ2v) is 8.79. The SMILES string of the molecule is Cc1ccc(-n2nc(C)c(NC(=O)COC(=O)c3ccccc3NC(=O)c3cccc(C)c3)c2C)cc1. The summed E-state index contributed by atoms with van der Waals surface area (Å²) in [7, 11) is 0. The van der Waals surface area contributed by atoms with Gasteiger partial charge < -0.3 is 15.4 Å². The number of amides is 2. The molecule has 1 aromatic heterocycles. The summed E-state index contributed by atoms with van der Waals surface area (Å²) in [4.78, 5) is 38.1. The molecule has 0 atom stereocenters. The van der Waals surface area contributed by atoms with Crippen LogP contribution in [0.1, 0.15) is 43.2 Å². The monoisotopic (exact) mass is 496 g/mol. The molecule has 0 fully saturated rings. The third-order valence-electron chi connectivity index (χ3n) is 5.84. The third-order valence-corrected chi connectivity index (χ3v) is 5.84. The van der Waals surface area contributed by atoms with Crippen molar-refractivity contribution in [2.75, 3.05) is 17.2 Å². The molecule has 0 unspecified atom stereocenters. The molecule has 0 spiro atoms. The van der Waals surface area contributed by atoms with Crippen LogP contribution in [0.3, 0.4) is 0 Å². The van der Waals surface area contributed by atoms with Gasteiger partial charge in [0.2, 0.25) is 0 Å². The Labute approximate surface area is 215 Å². The second kappa shape index (κ2) is 10.9. The molecule has 1 heterocycles. The number of aryl methyl sites for hydroxylation is 3. The van der Waals surface area contributed by atoms with E-state index in [2.05, 4.69) is 15.7 Å². The Morgan fingerprint density at radius 2 is 1.57 bits per heavy atom. The van der Waals surface area contributed by atoms with Crippen LogP contribution in [0, 0.1) is 27.7 Å². The number of hydrogen-bond acceptors (Lipinski definition) is 5. The van der Waals surface area contributed by atoms with Crippen LogP contribution in [0.25, 0.3) is 5.69 Å². The fourth-order valence-corrected chi connectivity index (χ4v) is 3.90. The van der Waals surface area contributed by atoms with Crippen molar-refractivity contribution in [3.05, 3.63) is 106 Å². The summed E-state index contributed by atoms with van der Waals surface area (Å²) in [6.45, 7) is 7.06. The highest BCUT2D eigenvalue weighted by atomic mass is 16.5. The van der Waals surface area contributed by atoms with E-state index in [9.17, 15) is 14.4 Å². The predicted octanol–water partition coefficient (Wildman–Crippen LogP) is 5.15. The van der Waals surface area contributed by atoms with Gasteiger partial charge >= 0.3 is 5.97 Å². The first kappa shape index (κ1) is 25.4. The molecule has 37 heavy (non-hydrogen) atoms. The van der Waals surface area contributed by atoms with Gasteiger partial charge in [0.15, 0.2) is 6.61 Å². The van der Waals surface area contributed by atoms with E-state index in [1.54, 1.807) is 48.0 Å². The molecule has 4 aromatic rings. The Bertz CT molecular complexity index is 1470. The van der Waals surface area contributed by atoms with Crippen molar-refractivity contribution in [2.45, 2.75) is 27.7 Å². The van der Waals surface area contributed by atoms with E-state index in [1.807, 2.05) is 51.1 Å². The summed E-state index contributed by atoms with van der Waals surface area (Å²) in [5.41, 5.74) is 5.83. The highest BCUT2D eigenvalue weighted by Crippen LogP contribution is 2.23. The van der Waals surface area contributed by atoms with Crippen LogP contribution in [0.4, 0.5) is 11.4 Å². The number of nitrogens with one attached hydrogen (secondary N) is 2. The van der Waals surface area contributed by atoms with Crippen molar-refractivity contribution in [3.8, 4) is 5.69 Å². The number of esters is 1. The average molecular weight is 497 g/mol. The molecule has 2 N–H and O–H groups in total. The molecule has 0 radical (unpaired) electrons.